The number of fused-ring (bicyclic) bond motifs is 1. The van der Waals surface area contributed by atoms with Gasteiger partial charge in [-0.25, -0.2) is 4.39 Å². The first-order chi connectivity index (χ1) is 42.5. The molecular weight excluding hydrogens is 1170 g/mol. The molecule has 1 aromatic heterocycles. The molecule has 89 heavy (non-hydrogen) atoms. The van der Waals surface area contributed by atoms with E-state index < -0.39 is 65.3 Å². The number of carboxylic acids is 5. The lowest BCUT2D eigenvalue weighted by Gasteiger charge is -2.20. The van der Waals surface area contributed by atoms with Gasteiger partial charge in [0, 0.05) is 35.3 Å². The highest BCUT2D eigenvalue weighted by atomic mass is 35.5. The minimum absolute atomic E-state index is 0.0282. The largest absolute Gasteiger partial charge is 0.497 e. The van der Waals surface area contributed by atoms with Gasteiger partial charge in [-0.05, 0) is 127 Å². The van der Waals surface area contributed by atoms with Gasteiger partial charge in [-0.3, -0.25) is 33.6 Å². The molecule has 0 saturated heterocycles. The predicted octanol–water partition coefficient (Wildman–Crippen LogP) is 15.9. The quantitative estimate of drug-likeness (QED) is 0.0422. The molecule has 458 valence electrons. The van der Waals surface area contributed by atoms with E-state index in [-0.39, 0.29) is 11.6 Å². The normalized spacial score (nSPS) is 12.9. The number of anilines is 1. The average molecular weight is 1240 g/mol. The third-order valence-corrected chi connectivity index (χ3v) is 15.9. The zero-order chi connectivity index (χ0) is 64.9. The van der Waals surface area contributed by atoms with Crippen molar-refractivity contribution in [2.24, 2.45) is 0 Å². The molecule has 17 heteroatoms. The summed E-state index contributed by atoms with van der Waals surface area (Å²) in [7, 11) is 1.63. The Morgan fingerprint density at radius 1 is 0.461 bits per heavy atom. The van der Waals surface area contributed by atoms with Crippen molar-refractivity contribution in [2.75, 3.05) is 25.1 Å². The van der Waals surface area contributed by atoms with Gasteiger partial charge in [-0.15, -0.1) is 11.3 Å². The lowest BCUT2D eigenvalue weighted by molar-refractivity contribution is -0.139. The second-order valence-electron chi connectivity index (χ2n) is 20.7. The van der Waals surface area contributed by atoms with Gasteiger partial charge < -0.3 is 35.2 Å². The number of aliphatic carboxylic acids is 5. The van der Waals surface area contributed by atoms with Gasteiger partial charge in [0.05, 0.1) is 52.3 Å². The summed E-state index contributed by atoms with van der Waals surface area (Å²) in [5, 5.41) is 49.2. The molecule has 10 rings (SSSR count). The van der Waals surface area contributed by atoms with Crippen LogP contribution in [0.15, 0.2) is 212 Å². The molecule has 14 nitrogen and oxygen atoms in total. The Bertz CT molecular complexity index is 3940. The first kappa shape index (κ1) is 68.1. The highest BCUT2D eigenvalue weighted by Gasteiger charge is 2.21. The highest BCUT2D eigenvalue weighted by Crippen LogP contribution is 2.32. The monoisotopic (exact) mass is 1240 g/mol. The smallest absolute Gasteiger partial charge is 0.310 e. The molecule has 1 aliphatic heterocycles. The van der Waals surface area contributed by atoms with E-state index in [1.165, 1.54) is 17.4 Å². The van der Waals surface area contributed by atoms with E-state index in [0.29, 0.717) is 48.8 Å². The molecule has 0 radical (unpaired) electrons. The molecule has 1 aliphatic rings. The second-order valence-corrected chi connectivity index (χ2v) is 22.1. The lowest BCUT2D eigenvalue weighted by atomic mass is 9.96. The number of benzene rings is 8. The molecule has 5 atom stereocenters. The van der Waals surface area contributed by atoms with Gasteiger partial charge in [0.1, 0.15) is 11.6 Å². The van der Waals surface area contributed by atoms with Crippen molar-refractivity contribution in [3.8, 4) is 16.9 Å². The van der Waals surface area contributed by atoms with Gasteiger partial charge in [0.15, 0.2) is 5.78 Å². The van der Waals surface area contributed by atoms with Crippen LogP contribution >= 0.6 is 22.9 Å². The topological polar surface area (TPSA) is 233 Å². The number of hydrogen-bond donors (Lipinski definition) is 5. The van der Waals surface area contributed by atoms with E-state index in [9.17, 15) is 38.0 Å². The number of methoxy groups -OCH3 is 1. The Morgan fingerprint density at radius 2 is 0.921 bits per heavy atom. The number of thiophene rings is 1. The van der Waals surface area contributed by atoms with Gasteiger partial charge in [0.25, 0.3) is 0 Å². The minimum Gasteiger partial charge on any atom is -0.497 e. The van der Waals surface area contributed by atoms with Crippen molar-refractivity contribution < 1.29 is 68.2 Å². The maximum atomic E-state index is 14.0. The predicted molar refractivity (Wildman–Crippen MR) is 346 cm³/mol. The SMILES string of the molecule is CC(C(=O)O)c1ccc(-c2ccccc2)c(F)c1.CC(C(=O)O)c1ccc(C(=O)c2cccs2)cc1.CC(C(=O)O)c1ccc(N2CC=CC2)c(Cl)c1.CC(C(=O)O)c1cccc(C(=O)c2ccccc2)c1.COc1ccc2cc(C(C)C(=O)O)ccc2c1. The van der Waals surface area contributed by atoms with Crippen molar-refractivity contribution in [3.05, 3.63) is 272 Å². The maximum Gasteiger partial charge on any atom is 0.310 e. The van der Waals surface area contributed by atoms with E-state index in [0.717, 1.165) is 52.0 Å². The second kappa shape index (κ2) is 32.6. The van der Waals surface area contributed by atoms with Crippen molar-refractivity contribution in [3.63, 3.8) is 0 Å². The molecule has 2 heterocycles. The fraction of sp³-hybridized carbons (Fsp3) is 0.181. The number of carboxylic acid groups (broad SMARTS) is 5. The summed E-state index contributed by atoms with van der Waals surface area (Å²) in [6, 6.07) is 56.7. The van der Waals surface area contributed by atoms with E-state index in [2.05, 4.69) is 17.1 Å². The number of halogens is 2. The Morgan fingerprint density at radius 3 is 1.45 bits per heavy atom. The molecule has 8 aromatic carbocycles. The van der Waals surface area contributed by atoms with Crippen LogP contribution in [0.4, 0.5) is 10.1 Å². The fourth-order valence-corrected chi connectivity index (χ4v) is 9.90. The molecule has 5 N–H and O–H groups in total. The Kier molecular flexibility index (Phi) is 25.0. The van der Waals surface area contributed by atoms with E-state index in [4.69, 9.17) is 41.9 Å². The van der Waals surface area contributed by atoms with Crippen LogP contribution in [0, 0.1) is 5.82 Å². The zero-order valence-electron chi connectivity index (χ0n) is 49.6. The highest BCUT2D eigenvalue weighted by molar-refractivity contribution is 7.12. The number of carbonyl (C=O) groups excluding carboxylic acids is 2. The minimum atomic E-state index is -0.957. The van der Waals surface area contributed by atoms with Crippen LogP contribution in [0.25, 0.3) is 21.9 Å². The first-order valence-corrected chi connectivity index (χ1v) is 29.4. The van der Waals surface area contributed by atoms with Crippen molar-refractivity contribution in [1.29, 1.82) is 0 Å². The van der Waals surface area contributed by atoms with Crippen LogP contribution in [-0.4, -0.2) is 87.1 Å². The zero-order valence-corrected chi connectivity index (χ0v) is 51.2. The van der Waals surface area contributed by atoms with Gasteiger partial charge in [0.2, 0.25) is 5.78 Å². The van der Waals surface area contributed by atoms with Crippen molar-refractivity contribution in [2.45, 2.75) is 64.2 Å². The Balaban J connectivity index is 0.000000177. The van der Waals surface area contributed by atoms with Crippen LogP contribution in [0.5, 0.6) is 5.75 Å². The van der Waals surface area contributed by atoms with Crippen molar-refractivity contribution in [1.82, 2.24) is 0 Å². The van der Waals surface area contributed by atoms with E-state index in [1.807, 2.05) is 96.4 Å². The number of hydrogen-bond acceptors (Lipinski definition) is 10. The van der Waals surface area contributed by atoms with Gasteiger partial charge in [-0.1, -0.05) is 175 Å². The van der Waals surface area contributed by atoms with Crippen LogP contribution < -0.4 is 9.64 Å². The Hall–Kier alpha value is -10.0. The number of nitrogens with zero attached hydrogens (tertiary/aromatic N) is 1. The fourth-order valence-electron chi connectivity index (χ4n) is 8.91. The number of ether oxygens (including phenoxy) is 1. The number of rotatable bonds is 17. The first-order valence-electron chi connectivity index (χ1n) is 28.1. The molecular formula is C72H67ClFNO13S. The molecule has 0 spiro atoms. The van der Waals surface area contributed by atoms with E-state index >= 15 is 0 Å². The number of ketones is 2. The third kappa shape index (κ3) is 19.0. The third-order valence-electron chi connectivity index (χ3n) is 14.7. The summed E-state index contributed by atoms with van der Waals surface area (Å²) >= 11 is 7.59. The summed E-state index contributed by atoms with van der Waals surface area (Å²) in [5.41, 5.74) is 7.27. The van der Waals surface area contributed by atoms with Crippen molar-refractivity contribution >= 4 is 80.8 Å². The van der Waals surface area contributed by atoms with Gasteiger partial charge in [-0.2, -0.15) is 0 Å². The molecule has 9 aromatic rings. The average Bonchev–Trinajstić information content (AvgIpc) is 3.47. The summed E-state index contributed by atoms with van der Waals surface area (Å²) in [6.07, 6.45) is 4.17. The molecule has 5 unspecified atom stereocenters. The van der Waals surface area contributed by atoms with E-state index in [1.54, 1.807) is 139 Å². The molecule has 0 bridgehead atoms. The summed E-state index contributed by atoms with van der Waals surface area (Å²) < 4.78 is 19.1. The molecule has 0 fully saturated rings. The standard InChI is InChI=1S/C16H14O3.C15H13FO2.C14H12O3S.C14H14O3.C13H14ClNO2/c1-11(16(18)19)13-8-5-9-14(10-13)15(17)12-6-3-2-4-7-12;1-10(15(17)18)12-7-8-13(14(16)9-12)11-5-3-2-4-6-11;1-9(14(16)17)10-4-6-11(7-5-10)13(15)12-3-2-8-18-12;1-9(14(15)16)10-3-4-12-8-13(17-2)6-5-11(12)7-10;1-9(13(16)17)10-4-5-12(11(14)8-10)15-6-2-3-7-15/h2-11H,1H3,(H,18,19);2-10H,1H3,(H,17,18);2-9H,1H3,(H,16,17);3-9H,1-2H3,(H,15,16);2-5,8-9H,6-7H2,1H3,(H,16,17). The maximum absolute atomic E-state index is 14.0. The Labute approximate surface area is 524 Å². The molecule has 0 aliphatic carbocycles. The van der Waals surface area contributed by atoms with Crippen LogP contribution in [0.1, 0.15) is 123 Å². The molecule has 0 amide bonds. The summed E-state index contributed by atoms with van der Waals surface area (Å²) in [6.45, 7) is 9.82. The van der Waals surface area contributed by atoms with Crippen LogP contribution in [0.2, 0.25) is 5.02 Å². The van der Waals surface area contributed by atoms with Gasteiger partial charge >= 0.3 is 29.8 Å². The summed E-state index contributed by atoms with van der Waals surface area (Å²) in [4.78, 5) is 81.5. The molecule has 0 saturated carbocycles. The summed E-state index contributed by atoms with van der Waals surface area (Å²) in [5.74, 6) is -6.99. The van der Waals surface area contributed by atoms with Crippen LogP contribution in [-0.2, 0) is 24.0 Å². The van der Waals surface area contributed by atoms with Crippen LogP contribution in [0.3, 0.4) is 0 Å². The lowest BCUT2D eigenvalue weighted by Crippen LogP contribution is -2.19. The number of carbonyl (C=O) groups is 7.